The number of nitrogens with zero attached hydrogens (tertiary/aromatic N) is 5. The van der Waals surface area contributed by atoms with Gasteiger partial charge in [-0.3, -0.25) is 4.98 Å². The zero-order valence-electron chi connectivity index (χ0n) is 14.1. The Morgan fingerprint density at radius 2 is 1.78 bits per heavy atom. The third kappa shape index (κ3) is 3.34. The van der Waals surface area contributed by atoms with Gasteiger partial charge in [-0.15, -0.1) is 0 Å². The highest BCUT2D eigenvalue weighted by Crippen LogP contribution is 2.22. The molecular weight excluding hydrogens is 356 g/mol. The number of aryl methyl sites for hydroxylation is 1. The van der Waals surface area contributed by atoms with Gasteiger partial charge in [-0.25, -0.2) is 9.97 Å². The summed E-state index contributed by atoms with van der Waals surface area (Å²) in [7, 11) is 0. The second-order valence-corrected chi connectivity index (χ2v) is 5.81. The monoisotopic (exact) mass is 376 g/mol. The van der Waals surface area contributed by atoms with Gasteiger partial charge in [0.05, 0.1) is 18.6 Å². The number of aromatic nitrogens is 5. The lowest BCUT2D eigenvalue weighted by molar-refractivity contribution is 0.778. The van der Waals surface area contributed by atoms with Gasteiger partial charge in [-0.2, -0.15) is 4.98 Å². The van der Waals surface area contributed by atoms with Gasteiger partial charge in [0.25, 0.3) is 0 Å². The number of nitrogen functional groups attached to an aromatic ring is 1. The Balaban J connectivity index is 0.000000924. The normalized spacial score (nSPS) is 10.5. The molecular formula is C16H21BrN6. The number of fused-ring (bicyclic) bond motifs is 1. The number of anilines is 1. The molecule has 0 saturated carbocycles. The van der Waals surface area contributed by atoms with Gasteiger partial charge in [-0.05, 0) is 53.4 Å². The summed E-state index contributed by atoms with van der Waals surface area (Å²) in [6.07, 6.45) is 3.63. The van der Waals surface area contributed by atoms with Crippen molar-refractivity contribution in [3.63, 3.8) is 0 Å². The minimum atomic E-state index is 0.223. The maximum atomic E-state index is 5.71. The van der Waals surface area contributed by atoms with E-state index in [0.717, 1.165) is 5.69 Å². The molecule has 0 aliphatic rings. The molecule has 6 nitrogen and oxygen atoms in total. The Labute approximate surface area is 144 Å². The van der Waals surface area contributed by atoms with Crippen LogP contribution in [0.25, 0.3) is 11.2 Å². The van der Waals surface area contributed by atoms with Crippen molar-refractivity contribution < 1.29 is 0 Å². The van der Waals surface area contributed by atoms with E-state index in [0.29, 0.717) is 22.3 Å². The molecule has 0 amide bonds. The van der Waals surface area contributed by atoms with Crippen LogP contribution < -0.4 is 5.73 Å². The van der Waals surface area contributed by atoms with Gasteiger partial charge in [0, 0.05) is 6.20 Å². The number of hydrogen-bond acceptors (Lipinski definition) is 5. The van der Waals surface area contributed by atoms with Crippen molar-refractivity contribution in [2.45, 2.75) is 41.2 Å². The van der Waals surface area contributed by atoms with Crippen molar-refractivity contribution in [1.29, 1.82) is 0 Å². The first-order valence-corrected chi connectivity index (χ1v) is 8.32. The number of halogens is 1. The highest BCUT2D eigenvalue weighted by molar-refractivity contribution is 9.10. The molecule has 0 aliphatic heterocycles. The molecule has 0 radical (unpaired) electrons. The van der Waals surface area contributed by atoms with E-state index < -0.39 is 0 Å². The maximum absolute atomic E-state index is 5.71. The summed E-state index contributed by atoms with van der Waals surface area (Å²) in [6.45, 7) is 10.9. The molecule has 0 aliphatic carbocycles. The molecule has 0 fully saturated rings. The van der Waals surface area contributed by atoms with Gasteiger partial charge in [0.1, 0.15) is 10.1 Å². The van der Waals surface area contributed by atoms with Crippen molar-refractivity contribution in [2.24, 2.45) is 0 Å². The van der Waals surface area contributed by atoms with Crippen LogP contribution in [0, 0.1) is 20.8 Å². The molecule has 0 atom stereocenters. The molecule has 0 aromatic carbocycles. The predicted molar refractivity (Wildman–Crippen MR) is 96.3 cm³/mol. The highest BCUT2D eigenvalue weighted by Gasteiger charge is 2.12. The van der Waals surface area contributed by atoms with Crippen LogP contribution in [-0.4, -0.2) is 24.5 Å². The van der Waals surface area contributed by atoms with Crippen LogP contribution in [0.5, 0.6) is 0 Å². The average Bonchev–Trinajstić information content (AvgIpc) is 2.93. The molecule has 3 aromatic heterocycles. The van der Waals surface area contributed by atoms with E-state index >= 15 is 0 Å². The molecule has 0 unspecified atom stereocenters. The Morgan fingerprint density at radius 3 is 2.48 bits per heavy atom. The second kappa shape index (κ2) is 7.04. The first kappa shape index (κ1) is 17.3. The summed E-state index contributed by atoms with van der Waals surface area (Å²) >= 11 is 3.36. The molecule has 122 valence electrons. The summed E-state index contributed by atoms with van der Waals surface area (Å²) in [5, 5.41) is 0. The van der Waals surface area contributed by atoms with Crippen molar-refractivity contribution in [1.82, 2.24) is 24.5 Å². The van der Waals surface area contributed by atoms with Crippen LogP contribution >= 0.6 is 15.9 Å². The lowest BCUT2D eigenvalue weighted by atomic mass is 10.0. The highest BCUT2D eigenvalue weighted by atomic mass is 79.9. The fraction of sp³-hybridized carbons (Fsp3) is 0.375. The van der Waals surface area contributed by atoms with Crippen molar-refractivity contribution in [2.75, 3.05) is 5.73 Å². The lowest BCUT2D eigenvalue weighted by Crippen LogP contribution is -2.06. The molecule has 2 N–H and O–H groups in total. The standard InChI is InChI=1S/C14H15BrN6.C2H6/c1-7-4-17-10(9(3)8(7)2)5-21-6-18-11-12(15)19-14(16)20-13(11)21;1-2/h4,6H,5H2,1-3H3,(H2,16,19,20);1-2H3. The van der Waals surface area contributed by atoms with Crippen molar-refractivity contribution in [3.8, 4) is 0 Å². The number of rotatable bonds is 2. The van der Waals surface area contributed by atoms with Gasteiger partial charge in [0.15, 0.2) is 5.65 Å². The fourth-order valence-electron chi connectivity index (χ4n) is 2.24. The van der Waals surface area contributed by atoms with Crippen LogP contribution in [0.15, 0.2) is 17.1 Å². The maximum Gasteiger partial charge on any atom is 0.223 e. The van der Waals surface area contributed by atoms with Crippen LogP contribution in [0.4, 0.5) is 5.95 Å². The molecule has 23 heavy (non-hydrogen) atoms. The lowest BCUT2D eigenvalue weighted by Gasteiger charge is -2.11. The Kier molecular flexibility index (Phi) is 5.30. The Morgan fingerprint density at radius 1 is 1.09 bits per heavy atom. The molecule has 7 heteroatoms. The summed E-state index contributed by atoms with van der Waals surface area (Å²) in [5.74, 6) is 0.223. The summed E-state index contributed by atoms with van der Waals surface area (Å²) in [5.41, 5.74) is 11.8. The summed E-state index contributed by atoms with van der Waals surface area (Å²) < 4.78 is 2.54. The quantitative estimate of drug-likeness (QED) is 0.691. The third-order valence-electron chi connectivity index (χ3n) is 3.76. The van der Waals surface area contributed by atoms with Crippen molar-refractivity contribution in [3.05, 3.63) is 39.5 Å². The minimum absolute atomic E-state index is 0.223. The molecule has 0 bridgehead atoms. The van der Waals surface area contributed by atoms with E-state index in [9.17, 15) is 0 Å². The van der Waals surface area contributed by atoms with E-state index in [-0.39, 0.29) is 5.95 Å². The predicted octanol–water partition coefficient (Wildman–Crippen LogP) is 3.57. The molecule has 0 spiro atoms. The zero-order valence-corrected chi connectivity index (χ0v) is 15.6. The van der Waals surface area contributed by atoms with E-state index in [2.05, 4.69) is 56.6 Å². The third-order valence-corrected chi connectivity index (χ3v) is 4.31. The second-order valence-electron chi connectivity index (χ2n) is 5.06. The minimum Gasteiger partial charge on any atom is -0.368 e. The zero-order chi connectivity index (χ0) is 17.1. The molecule has 3 aromatic rings. The average molecular weight is 377 g/mol. The number of hydrogen-bond donors (Lipinski definition) is 1. The largest absolute Gasteiger partial charge is 0.368 e. The van der Waals surface area contributed by atoms with E-state index in [1.807, 2.05) is 24.6 Å². The smallest absolute Gasteiger partial charge is 0.223 e. The van der Waals surface area contributed by atoms with E-state index in [1.165, 1.54) is 16.7 Å². The van der Waals surface area contributed by atoms with E-state index in [1.54, 1.807) is 6.33 Å². The van der Waals surface area contributed by atoms with Crippen LogP contribution in [0.3, 0.4) is 0 Å². The molecule has 3 rings (SSSR count). The first-order valence-electron chi connectivity index (χ1n) is 7.53. The van der Waals surface area contributed by atoms with Crippen LogP contribution in [0.2, 0.25) is 0 Å². The van der Waals surface area contributed by atoms with Crippen molar-refractivity contribution >= 4 is 33.0 Å². The summed E-state index contributed by atoms with van der Waals surface area (Å²) in [6, 6.07) is 0. The fourth-order valence-corrected chi connectivity index (χ4v) is 2.70. The topological polar surface area (TPSA) is 82.5 Å². The summed E-state index contributed by atoms with van der Waals surface area (Å²) in [4.78, 5) is 17.2. The SMILES string of the molecule is CC.Cc1cnc(Cn2cnc3c(Br)nc(N)nc32)c(C)c1C. The Hall–Kier alpha value is -2.02. The van der Waals surface area contributed by atoms with E-state index in [4.69, 9.17) is 5.73 Å². The van der Waals surface area contributed by atoms with Crippen LogP contribution in [0.1, 0.15) is 36.2 Å². The molecule has 0 saturated heterocycles. The number of nitrogens with two attached hydrogens (primary N) is 1. The van der Waals surface area contributed by atoms with Gasteiger partial charge in [0.2, 0.25) is 5.95 Å². The van der Waals surface area contributed by atoms with Gasteiger partial charge < -0.3 is 10.3 Å². The van der Waals surface area contributed by atoms with Gasteiger partial charge in [-0.1, -0.05) is 13.8 Å². The van der Waals surface area contributed by atoms with Gasteiger partial charge >= 0.3 is 0 Å². The first-order chi connectivity index (χ1) is 11.0. The Bertz CT molecular complexity index is 840. The molecule has 3 heterocycles. The number of imidazole rings is 1. The number of pyridine rings is 1. The van der Waals surface area contributed by atoms with Crippen LogP contribution in [-0.2, 0) is 6.54 Å².